The minimum Gasteiger partial charge on any atom is -0.272 e. The van der Waals surface area contributed by atoms with Crippen molar-refractivity contribution in [2.45, 2.75) is 12.1 Å². The number of rotatable bonds is 7. The molecule has 4 rings (SSSR count). The maximum atomic E-state index is 12.5. The fourth-order valence-corrected chi connectivity index (χ4v) is 4.32. The van der Waals surface area contributed by atoms with Crippen LogP contribution in [-0.4, -0.2) is 32.1 Å². The monoisotopic (exact) mass is 539 g/mol. The van der Waals surface area contributed by atoms with E-state index < -0.39 is 0 Å². The van der Waals surface area contributed by atoms with Crippen molar-refractivity contribution in [2.75, 3.05) is 5.75 Å². The number of carbonyl (C=O) groups excluding carboxylic acids is 1. The maximum absolute atomic E-state index is 12.5. The summed E-state index contributed by atoms with van der Waals surface area (Å²) < 4.78 is 2.87. The van der Waals surface area contributed by atoms with Gasteiger partial charge in [-0.05, 0) is 48.9 Å². The number of aromatic nitrogens is 3. The number of hydrogen-bond donors (Lipinski definition) is 1. The average molecular weight is 541 g/mol. The van der Waals surface area contributed by atoms with E-state index in [9.17, 15) is 4.79 Å². The summed E-state index contributed by atoms with van der Waals surface area (Å²) in [7, 11) is 0. The van der Waals surface area contributed by atoms with Crippen LogP contribution in [0.2, 0.25) is 5.02 Å². The van der Waals surface area contributed by atoms with E-state index in [0.29, 0.717) is 21.7 Å². The zero-order valence-corrected chi connectivity index (χ0v) is 20.7. The predicted molar refractivity (Wildman–Crippen MR) is 137 cm³/mol. The summed E-state index contributed by atoms with van der Waals surface area (Å²) in [4.78, 5) is 12.5. The van der Waals surface area contributed by atoms with Crippen molar-refractivity contribution in [2.24, 2.45) is 5.10 Å². The Bertz CT molecular complexity index is 1290. The van der Waals surface area contributed by atoms with E-state index in [1.807, 2.05) is 90.4 Å². The highest BCUT2D eigenvalue weighted by Gasteiger charge is 2.17. The highest BCUT2D eigenvalue weighted by molar-refractivity contribution is 9.10. The number of amides is 1. The van der Waals surface area contributed by atoms with E-state index in [2.05, 4.69) is 36.7 Å². The zero-order chi connectivity index (χ0) is 23.2. The van der Waals surface area contributed by atoms with Gasteiger partial charge in [-0.3, -0.25) is 9.36 Å². The normalized spacial score (nSPS) is 11.4. The lowest BCUT2D eigenvalue weighted by atomic mass is 10.1. The third kappa shape index (κ3) is 5.90. The molecule has 6 nitrogen and oxygen atoms in total. The molecule has 1 aromatic heterocycles. The largest absolute Gasteiger partial charge is 0.272 e. The van der Waals surface area contributed by atoms with Crippen LogP contribution < -0.4 is 5.43 Å². The first-order chi connectivity index (χ1) is 16.0. The molecule has 0 saturated heterocycles. The first-order valence-electron chi connectivity index (χ1n) is 10.00. The highest BCUT2D eigenvalue weighted by atomic mass is 79.9. The molecule has 9 heteroatoms. The summed E-state index contributed by atoms with van der Waals surface area (Å²) in [5, 5.41) is 14.2. The van der Waals surface area contributed by atoms with Crippen molar-refractivity contribution in [3.63, 3.8) is 0 Å². The first kappa shape index (κ1) is 23.2. The third-order valence-corrected chi connectivity index (χ3v) is 6.35. The van der Waals surface area contributed by atoms with Gasteiger partial charge in [0, 0.05) is 20.7 Å². The molecule has 3 aromatic carbocycles. The highest BCUT2D eigenvalue weighted by Crippen LogP contribution is 2.28. The molecular formula is C24H19BrClN5OS. The van der Waals surface area contributed by atoms with Crippen molar-refractivity contribution in [3.05, 3.63) is 93.9 Å². The van der Waals surface area contributed by atoms with Gasteiger partial charge in [0.2, 0.25) is 0 Å². The Hall–Kier alpha value is -2.94. The average Bonchev–Trinajstić information content (AvgIpc) is 3.26. The molecule has 0 unspecified atom stereocenters. The summed E-state index contributed by atoms with van der Waals surface area (Å²) in [5.41, 5.74) is 6.03. The van der Waals surface area contributed by atoms with Gasteiger partial charge in [-0.15, -0.1) is 10.2 Å². The number of halogens is 2. The molecule has 0 spiro atoms. The Morgan fingerprint density at radius 1 is 1.06 bits per heavy atom. The van der Waals surface area contributed by atoms with Crippen molar-refractivity contribution in [1.82, 2.24) is 20.2 Å². The molecule has 0 bridgehead atoms. The summed E-state index contributed by atoms with van der Waals surface area (Å²) in [5.74, 6) is 0.584. The zero-order valence-electron chi connectivity index (χ0n) is 17.6. The van der Waals surface area contributed by atoms with Crippen LogP contribution in [0.25, 0.3) is 17.1 Å². The van der Waals surface area contributed by atoms with Crippen LogP contribution in [0.5, 0.6) is 0 Å². The maximum Gasteiger partial charge on any atom is 0.250 e. The molecule has 33 heavy (non-hydrogen) atoms. The number of hydrazone groups is 1. The molecule has 4 aromatic rings. The van der Waals surface area contributed by atoms with E-state index in [0.717, 1.165) is 21.3 Å². The van der Waals surface area contributed by atoms with Crippen LogP contribution >= 0.6 is 39.3 Å². The number of benzene rings is 3. The van der Waals surface area contributed by atoms with Gasteiger partial charge in [-0.25, -0.2) is 5.43 Å². The summed E-state index contributed by atoms with van der Waals surface area (Å²) in [6, 6.07) is 24.9. The van der Waals surface area contributed by atoms with E-state index in [1.165, 1.54) is 11.8 Å². The number of nitrogens with zero attached hydrogens (tertiary/aromatic N) is 4. The molecule has 0 radical (unpaired) electrons. The van der Waals surface area contributed by atoms with E-state index in [4.69, 9.17) is 11.6 Å². The third-order valence-electron chi connectivity index (χ3n) is 4.67. The smallest absolute Gasteiger partial charge is 0.250 e. The van der Waals surface area contributed by atoms with Crippen molar-refractivity contribution >= 4 is 50.9 Å². The Balaban J connectivity index is 1.52. The summed E-state index contributed by atoms with van der Waals surface area (Å²) in [6.07, 6.45) is 0. The molecule has 0 aliphatic carbocycles. The Kier molecular flexibility index (Phi) is 7.59. The van der Waals surface area contributed by atoms with Gasteiger partial charge in [0.1, 0.15) is 0 Å². The van der Waals surface area contributed by atoms with Crippen molar-refractivity contribution in [1.29, 1.82) is 0 Å². The minimum atomic E-state index is -0.235. The standard InChI is InChI=1S/C24H19BrClN5OS/c1-16(18-8-5-9-19(25)14-18)27-28-22(32)15-33-24-30-29-23(17-6-3-2-4-7-17)31(24)21-12-10-20(26)11-13-21/h2-14H,15H2,1H3,(H,28,32). The van der Waals surface area contributed by atoms with Gasteiger partial charge in [0.05, 0.1) is 11.5 Å². The van der Waals surface area contributed by atoms with Gasteiger partial charge in [0.15, 0.2) is 11.0 Å². The number of nitrogens with one attached hydrogen (secondary N) is 1. The minimum absolute atomic E-state index is 0.135. The summed E-state index contributed by atoms with van der Waals surface area (Å²) >= 11 is 10.8. The molecule has 0 fully saturated rings. The van der Waals surface area contributed by atoms with Gasteiger partial charge in [0.25, 0.3) is 5.91 Å². The van der Waals surface area contributed by atoms with Crippen LogP contribution in [0.15, 0.2) is 93.6 Å². The topological polar surface area (TPSA) is 72.2 Å². The number of carbonyl (C=O) groups is 1. The molecule has 0 saturated carbocycles. The Morgan fingerprint density at radius 3 is 2.55 bits per heavy atom. The van der Waals surface area contributed by atoms with Gasteiger partial charge in [-0.1, -0.05) is 81.8 Å². The van der Waals surface area contributed by atoms with Gasteiger partial charge in [-0.2, -0.15) is 5.10 Å². The van der Waals surface area contributed by atoms with Gasteiger partial charge >= 0.3 is 0 Å². The van der Waals surface area contributed by atoms with Crippen LogP contribution in [0.1, 0.15) is 12.5 Å². The molecule has 166 valence electrons. The SMILES string of the molecule is CC(=NNC(=O)CSc1nnc(-c2ccccc2)n1-c1ccc(Cl)cc1)c1cccc(Br)c1. The number of hydrogen-bond acceptors (Lipinski definition) is 5. The van der Waals surface area contributed by atoms with E-state index >= 15 is 0 Å². The molecule has 0 aliphatic rings. The fraction of sp³-hybridized carbons (Fsp3) is 0.0833. The lowest BCUT2D eigenvalue weighted by molar-refractivity contribution is -0.118. The lowest BCUT2D eigenvalue weighted by Gasteiger charge is -2.10. The fourth-order valence-electron chi connectivity index (χ4n) is 3.05. The second-order valence-corrected chi connectivity index (χ2v) is 9.31. The molecular weight excluding hydrogens is 522 g/mol. The lowest BCUT2D eigenvalue weighted by Crippen LogP contribution is -2.21. The first-order valence-corrected chi connectivity index (χ1v) is 12.2. The van der Waals surface area contributed by atoms with Crippen LogP contribution in [-0.2, 0) is 4.79 Å². The summed E-state index contributed by atoms with van der Waals surface area (Å²) in [6.45, 7) is 1.85. The predicted octanol–water partition coefficient (Wildman–Crippen LogP) is 5.98. The molecule has 1 amide bonds. The second-order valence-electron chi connectivity index (χ2n) is 7.02. The molecule has 0 atom stereocenters. The Morgan fingerprint density at radius 2 is 1.82 bits per heavy atom. The molecule has 0 aliphatic heterocycles. The van der Waals surface area contributed by atoms with Crippen LogP contribution in [0.3, 0.4) is 0 Å². The number of thioether (sulfide) groups is 1. The van der Waals surface area contributed by atoms with Gasteiger partial charge < -0.3 is 0 Å². The van der Waals surface area contributed by atoms with Crippen molar-refractivity contribution < 1.29 is 4.79 Å². The molecule has 1 N–H and O–H groups in total. The van der Waals surface area contributed by atoms with Crippen LogP contribution in [0.4, 0.5) is 0 Å². The van der Waals surface area contributed by atoms with E-state index in [1.54, 1.807) is 0 Å². The second kappa shape index (κ2) is 10.8. The van der Waals surface area contributed by atoms with Crippen LogP contribution in [0, 0.1) is 0 Å². The quantitative estimate of drug-likeness (QED) is 0.178. The molecule has 1 heterocycles. The van der Waals surface area contributed by atoms with Crippen molar-refractivity contribution in [3.8, 4) is 17.1 Å². The Labute approximate surface area is 209 Å². The van der Waals surface area contributed by atoms with E-state index in [-0.39, 0.29) is 11.7 Å².